The number of aliphatic carboxylic acids is 1. The topological polar surface area (TPSA) is 83.9 Å². The van der Waals surface area contributed by atoms with Crippen LogP contribution >= 0.6 is 0 Å². The summed E-state index contributed by atoms with van der Waals surface area (Å²) in [4.78, 5) is 37.4. The first-order valence-electron chi connectivity index (χ1n) is 8.18. The standard InChI is InChI=1S/C18H21NO5/c1-24-17(23)13-6-4-12(5-7-13)15(20)19-11-18(8-2-3-9-18)10-14(19)16(21)22/h4-7,14H,2-3,8-11H2,1H3,(H,21,22). The molecule has 3 rings (SSSR count). The highest BCUT2D eigenvalue weighted by Crippen LogP contribution is 2.48. The van der Waals surface area contributed by atoms with Gasteiger partial charge in [0, 0.05) is 12.1 Å². The Morgan fingerprint density at radius 1 is 1.12 bits per heavy atom. The molecule has 1 aliphatic heterocycles. The summed E-state index contributed by atoms with van der Waals surface area (Å²) in [5, 5.41) is 9.52. The van der Waals surface area contributed by atoms with Crippen molar-refractivity contribution in [2.45, 2.75) is 38.1 Å². The van der Waals surface area contributed by atoms with Crippen molar-refractivity contribution in [3.63, 3.8) is 0 Å². The highest BCUT2D eigenvalue weighted by Gasteiger charge is 2.49. The Bertz CT molecular complexity index is 660. The fourth-order valence-corrected chi connectivity index (χ4v) is 4.01. The number of nitrogens with zero attached hydrogens (tertiary/aromatic N) is 1. The van der Waals surface area contributed by atoms with E-state index >= 15 is 0 Å². The number of hydrogen-bond acceptors (Lipinski definition) is 4. The number of esters is 1. The first-order chi connectivity index (χ1) is 11.5. The number of ether oxygens (including phenoxy) is 1. The Labute approximate surface area is 140 Å². The molecule has 0 radical (unpaired) electrons. The minimum atomic E-state index is -0.946. The maximum atomic E-state index is 12.8. The van der Waals surface area contributed by atoms with Crippen molar-refractivity contribution in [2.75, 3.05) is 13.7 Å². The van der Waals surface area contributed by atoms with Crippen molar-refractivity contribution in [3.8, 4) is 0 Å². The van der Waals surface area contributed by atoms with E-state index < -0.39 is 18.0 Å². The third-order valence-corrected chi connectivity index (χ3v) is 5.27. The van der Waals surface area contributed by atoms with E-state index in [-0.39, 0.29) is 11.3 Å². The van der Waals surface area contributed by atoms with Crippen molar-refractivity contribution >= 4 is 17.8 Å². The van der Waals surface area contributed by atoms with Gasteiger partial charge in [0.15, 0.2) is 0 Å². The third kappa shape index (κ3) is 2.88. The minimum Gasteiger partial charge on any atom is -0.480 e. The number of amides is 1. The number of carboxylic acids is 1. The van der Waals surface area contributed by atoms with E-state index in [1.807, 2.05) is 0 Å². The zero-order valence-corrected chi connectivity index (χ0v) is 13.7. The normalized spacial score (nSPS) is 21.9. The number of carboxylic acid groups (broad SMARTS) is 1. The summed E-state index contributed by atoms with van der Waals surface area (Å²) in [5.74, 6) is -1.70. The van der Waals surface area contributed by atoms with E-state index in [2.05, 4.69) is 4.74 Å². The van der Waals surface area contributed by atoms with Crippen LogP contribution in [0.5, 0.6) is 0 Å². The molecule has 1 unspecified atom stereocenters. The van der Waals surface area contributed by atoms with Crippen LogP contribution in [0, 0.1) is 5.41 Å². The Kier molecular flexibility index (Phi) is 4.30. The average Bonchev–Trinajstić information content (AvgIpc) is 3.21. The molecule has 1 saturated carbocycles. The van der Waals surface area contributed by atoms with Crippen LogP contribution in [-0.4, -0.2) is 47.5 Å². The summed E-state index contributed by atoms with van der Waals surface area (Å²) in [7, 11) is 1.30. The van der Waals surface area contributed by atoms with Gasteiger partial charge in [-0.3, -0.25) is 4.79 Å². The number of carbonyl (C=O) groups excluding carboxylic acids is 2. The van der Waals surface area contributed by atoms with E-state index in [4.69, 9.17) is 0 Å². The molecule has 6 nitrogen and oxygen atoms in total. The molecule has 1 atom stereocenters. The van der Waals surface area contributed by atoms with Crippen LogP contribution in [0.3, 0.4) is 0 Å². The number of carbonyl (C=O) groups is 3. The minimum absolute atomic E-state index is 0.0370. The first-order valence-corrected chi connectivity index (χ1v) is 8.18. The van der Waals surface area contributed by atoms with Crippen LogP contribution in [-0.2, 0) is 9.53 Å². The molecule has 6 heteroatoms. The molecular formula is C18H21NO5. The maximum absolute atomic E-state index is 12.8. The van der Waals surface area contributed by atoms with Gasteiger partial charge < -0.3 is 14.7 Å². The Morgan fingerprint density at radius 2 is 1.71 bits per heavy atom. The highest BCUT2D eigenvalue weighted by atomic mass is 16.5. The Morgan fingerprint density at radius 3 is 2.25 bits per heavy atom. The lowest BCUT2D eigenvalue weighted by Crippen LogP contribution is -2.40. The van der Waals surface area contributed by atoms with E-state index in [9.17, 15) is 19.5 Å². The second-order valence-corrected chi connectivity index (χ2v) is 6.77. The van der Waals surface area contributed by atoms with E-state index in [1.54, 1.807) is 12.1 Å². The van der Waals surface area contributed by atoms with Gasteiger partial charge in [-0.15, -0.1) is 0 Å². The molecule has 2 aliphatic rings. The zero-order chi connectivity index (χ0) is 17.3. The predicted octanol–water partition coefficient (Wildman–Crippen LogP) is 2.33. The summed E-state index contributed by atoms with van der Waals surface area (Å²) in [6.45, 7) is 0.502. The highest BCUT2D eigenvalue weighted by molar-refractivity contribution is 5.98. The molecule has 2 fully saturated rings. The lowest BCUT2D eigenvalue weighted by molar-refractivity contribution is -0.141. The van der Waals surface area contributed by atoms with E-state index in [1.165, 1.54) is 24.1 Å². The number of hydrogen-bond donors (Lipinski definition) is 1. The Balaban J connectivity index is 1.82. The lowest BCUT2D eigenvalue weighted by Gasteiger charge is -2.24. The monoisotopic (exact) mass is 331 g/mol. The zero-order valence-electron chi connectivity index (χ0n) is 13.7. The molecule has 1 N–H and O–H groups in total. The average molecular weight is 331 g/mol. The molecule has 0 bridgehead atoms. The summed E-state index contributed by atoms with van der Waals surface area (Å²) in [5.41, 5.74) is 0.714. The summed E-state index contributed by atoms with van der Waals surface area (Å²) < 4.78 is 4.64. The number of rotatable bonds is 3. The van der Waals surface area contributed by atoms with Gasteiger partial charge in [0.2, 0.25) is 0 Å². The molecule has 1 aromatic rings. The summed E-state index contributed by atoms with van der Waals surface area (Å²) in [6, 6.07) is 5.38. The molecule has 1 aromatic carbocycles. The number of likely N-dealkylation sites (tertiary alicyclic amines) is 1. The fraction of sp³-hybridized carbons (Fsp3) is 0.500. The second-order valence-electron chi connectivity index (χ2n) is 6.77. The molecular weight excluding hydrogens is 310 g/mol. The largest absolute Gasteiger partial charge is 0.480 e. The van der Waals surface area contributed by atoms with Gasteiger partial charge >= 0.3 is 11.9 Å². The number of benzene rings is 1. The summed E-state index contributed by atoms with van der Waals surface area (Å²) >= 11 is 0. The van der Waals surface area contributed by atoms with Crippen molar-refractivity contribution in [1.82, 2.24) is 4.90 Å². The van der Waals surface area contributed by atoms with Crippen molar-refractivity contribution < 1.29 is 24.2 Å². The number of methoxy groups -OCH3 is 1. The predicted molar refractivity (Wildman–Crippen MR) is 85.8 cm³/mol. The van der Waals surface area contributed by atoms with Gasteiger partial charge in [-0.25, -0.2) is 9.59 Å². The molecule has 1 spiro atoms. The second kappa shape index (κ2) is 6.26. The SMILES string of the molecule is COC(=O)c1ccc(C(=O)N2CC3(CCCC3)CC2C(=O)O)cc1. The first kappa shape index (κ1) is 16.5. The van der Waals surface area contributed by atoms with E-state index in [0.29, 0.717) is 24.1 Å². The van der Waals surface area contributed by atoms with Crippen LogP contribution in [0.2, 0.25) is 0 Å². The molecule has 0 aromatic heterocycles. The van der Waals surface area contributed by atoms with Crippen molar-refractivity contribution in [2.24, 2.45) is 5.41 Å². The Hall–Kier alpha value is -2.37. The van der Waals surface area contributed by atoms with Crippen LogP contribution in [0.1, 0.15) is 52.8 Å². The quantitative estimate of drug-likeness (QED) is 0.860. The molecule has 128 valence electrons. The molecule has 24 heavy (non-hydrogen) atoms. The van der Waals surface area contributed by atoms with Crippen molar-refractivity contribution in [3.05, 3.63) is 35.4 Å². The van der Waals surface area contributed by atoms with Crippen LogP contribution < -0.4 is 0 Å². The third-order valence-electron chi connectivity index (χ3n) is 5.27. The van der Waals surface area contributed by atoms with Gasteiger partial charge in [-0.2, -0.15) is 0 Å². The maximum Gasteiger partial charge on any atom is 0.337 e. The van der Waals surface area contributed by atoms with Gasteiger partial charge in [0.1, 0.15) is 6.04 Å². The van der Waals surface area contributed by atoms with Crippen LogP contribution in [0.4, 0.5) is 0 Å². The van der Waals surface area contributed by atoms with Crippen LogP contribution in [0.25, 0.3) is 0 Å². The van der Waals surface area contributed by atoms with Crippen molar-refractivity contribution in [1.29, 1.82) is 0 Å². The fourth-order valence-electron chi connectivity index (χ4n) is 4.01. The smallest absolute Gasteiger partial charge is 0.337 e. The molecule has 1 amide bonds. The van der Waals surface area contributed by atoms with Gasteiger partial charge in [-0.1, -0.05) is 12.8 Å². The van der Waals surface area contributed by atoms with Gasteiger partial charge in [0.05, 0.1) is 12.7 Å². The van der Waals surface area contributed by atoms with E-state index in [0.717, 1.165) is 25.7 Å². The van der Waals surface area contributed by atoms with Gasteiger partial charge in [0.25, 0.3) is 5.91 Å². The van der Waals surface area contributed by atoms with Gasteiger partial charge in [-0.05, 0) is 48.9 Å². The summed E-state index contributed by atoms with van der Waals surface area (Å²) in [6.07, 6.45) is 4.71. The molecule has 1 aliphatic carbocycles. The molecule has 1 heterocycles. The van der Waals surface area contributed by atoms with Crippen LogP contribution in [0.15, 0.2) is 24.3 Å². The molecule has 1 saturated heterocycles. The lowest BCUT2D eigenvalue weighted by atomic mass is 9.84.